The lowest BCUT2D eigenvalue weighted by atomic mass is 9.84. The second-order valence-electron chi connectivity index (χ2n) is 14.8. The molecule has 1 saturated carbocycles. The molecule has 15 heteroatoms. The molecular weight excluding hydrogens is 668 g/mol. The lowest BCUT2D eigenvalue weighted by Crippen LogP contribution is -2.64. The van der Waals surface area contributed by atoms with Crippen LogP contribution in [0.4, 0.5) is 10.5 Å². The zero-order chi connectivity index (χ0) is 37.0. The number of likely N-dealkylation sites (tertiary alicyclic amines) is 1. The van der Waals surface area contributed by atoms with Gasteiger partial charge in [-0.1, -0.05) is 67.6 Å². The molecule has 15 nitrogen and oxygen atoms in total. The van der Waals surface area contributed by atoms with Gasteiger partial charge in [0.2, 0.25) is 17.6 Å². The first-order valence-electron chi connectivity index (χ1n) is 18.1. The normalized spacial score (nSPS) is 21.3. The molecule has 1 aliphatic carbocycles. The molecule has 52 heavy (non-hydrogen) atoms. The summed E-state index contributed by atoms with van der Waals surface area (Å²) in [6, 6.07) is 10.1. The minimum atomic E-state index is -1.58. The van der Waals surface area contributed by atoms with E-state index >= 15 is 0 Å². The van der Waals surface area contributed by atoms with Gasteiger partial charge in [0.1, 0.15) is 23.2 Å². The van der Waals surface area contributed by atoms with E-state index in [9.17, 15) is 29.1 Å². The Morgan fingerprint density at radius 3 is 2.44 bits per heavy atom. The molecule has 2 saturated heterocycles. The molecule has 2 aliphatic heterocycles. The van der Waals surface area contributed by atoms with Crippen molar-refractivity contribution < 1.29 is 33.8 Å². The van der Waals surface area contributed by atoms with Crippen LogP contribution in [-0.2, 0) is 29.5 Å². The van der Waals surface area contributed by atoms with Crippen LogP contribution in [0.1, 0.15) is 83.4 Å². The summed E-state index contributed by atoms with van der Waals surface area (Å²) in [5, 5.41) is 29.7. The van der Waals surface area contributed by atoms with Crippen LogP contribution in [0.3, 0.4) is 0 Å². The van der Waals surface area contributed by atoms with Gasteiger partial charge in [-0.25, -0.2) is 9.48 Å². The molecule has 6 N–H and O–H groups in total. The van der Waals surface area contributed by atoms with Crippen LogP contribution < -0.4 is 21.7 Å². The number of fused-ring (bicyclic) bond motifs is 1. The molecule has 5 amide bonds. The van der Waals surface area contributed by atoms with Crippen molar-refractivity contribution >= 4 is 46.0 Å². The topological polar surface area (TPSA) is 211 Å². The zero-order valence-corrected chi connectivity index (χ0v) is 29.7. The molecule has 0 bridgehead atoms. The summed E-state index contributed by atoms with van der Waals surface area (Å²) in [6.07, 6.45) is 6.95. The van der Waals surface area contributed by atoms with Crippen molar-refractivity contribution in [2.45, 2.75) is 101 Å². The van der Waals surface area contributed by atoms with E-state index in [0.29, 0.717) is 17.8 Å². The number of amides is 5. The molecule has 3 aliphatic rings. The highest BCUT2D eigenvalue weighted by Gasteiger charge is 2.49. The average molecular weight is 717 g/mol. The number of ether oxygens (including phenoxy) is 1. The number of ketones is 1. The van der Waals surface area contributed by atoms with Crippen molar-refractivity contribution in [1.29, 1.82) is 0 Å². The molecule has 2 aromatic carbocycles. The number of aliphatic hydroxyl groups is 1. The SMILES string of the molecule is CC(C)(O)c1cnnn1C1CC(C(=O)NC2(C(=O)C(N)=O)CCOCC2)N(C(=O)[C@@H](CC2CCCCC2)NC(=O)Nc2ccc3ccccc3c2)C1. The van der Waals surface area contributed by atoms with Gasteiger partial charge in [-0.15, -0.1) is 5.10 Å². The summed E-state index contributed by atoms with van der Waals surface area (Å²) in [5.41, 5.74) is 3.46. The van der Waals surface area contributed by atoms with Gasteiger partial charge in [-0.2, -0.15) is 0 Å². The van der Waals surface area contributed by atoms with E-state index in [-0.39, 0.29) is 44.9 Å². The number of hydrogen-bond donors (Lipinski definition) is 5. The van der Waals surface area contributed by atoms with E-state index in [2.05, 4.69) is 26.3 Å². The van der Waals surface area contributed by atoms with Crippen molar-refractivity contribution in [3.8, 4) is 0 Å². The van der Waals surface area contributed by atoms with Gasteiger partial charge in [-0.3, -0.25) is 19.2 Å². The Labute approximate surface area is 302 Å². The number of primary amides is 1. The standard InChI is InChI=1S/C37H48N8O7/c1-36(2,51)30-21-39-43-45(30)27-20-29(33(48)42-37(31(46)32(38)47)14-16-52-17-15-37)44(22-27)34(49)28(18-23-8-4-3-5-9-23)41-35(50)40-26-13-12-24-10-6-7-11-25(24)19-26/h6-7,10-13,19,21,23,27-29,51H,3-5,8-9,14-18,20,22H2,1-2H3,(H2,38,47)(H,42,48)(H2,40,41,50)/t27?,28-,29?/m1/s1. The second kappa shape index (κ2) is 15.4. The quantitative estimate of drug-likeness (QED) is 0.185. The van der Waals surface area contributed by atoms with Gasteiger partial charge in [0.05, 0.1) is 17.9 Å². The number of hydrogen-bond acceptors (Lipinski definition) is 9. The van der Waals surface area contributed by atoms with E-state index in [1.165, 1.54) is 15.8 Å². The van der Waals surface area contributed by atoms with Gasteiger partial charge in [0.15, 0.2) is 0 Å². The summed E-state index contributed by atoms with van der Waals surface area (Å²) in [6.45, 7) is 3.45. The average Bonchev–Trinajstić information content (AvgIpc) is 3.80. The first-order chi connectivity index (χ1) is 24.8. The molecule has 1 aromatic heterocycles. The zero-order valence-electron chi connectivity index (χ0n) is 29.7. The minimum absolute atomic E-state index is 0.0123. The summed E-state index contributed by atoms with van der Waals surface area (Å²) >= 11 is 0. The van der Waals surface area contributed by atoms with E-state index < -0.39 is 58.8 Å². The molecule has 0 radical (unpaired) electrons. The third-order valence-corrected chi connectivity index (χ3v) is 10.7. The Morgan fingerprint density at radius 1 is 1.04 bits per heavy atom. The number of urea groups is 1. The predicted molar refractivity (Wildman–Crippen MR) is 191 cm³/mol. The van der Waals surface area contributed by atoms with E-state index in [0.717, 1.165) is 42.9 Å². The molecule has 3 heterocycles. The lowest BCUT2D eigenvalue weighted by molar-refractivity contribution is -0.147. The first-order valence-corrected chi connectivity index (χ1v) is 18.1. The summed E-state index contributed by atoms with van der Waals surface area (Å²) in [7, 11) is 0. The fraction of sp³-hybridized carbons (Fsp3) is 0.541. The van der Waals surface area contributed by atoms with Crippen LogP contribution in [0, 0.1) is 5.92 Å². The summed E-state index contributed by atoms with van der Waals surface area (Å²) in [5.74, 6) is -3.03. The predicted octanol–water partition coefficient (Wildman–Crippen LogP) is 2.68. The van der Waals surface area contributed by atoms with Crippen molar-refractivity contribution in [2.75, 3.05) is 25.1 Å². The van der Waals surface area contributed by atoms with Gasteiger partial charge in [0, 0.05) is 44.7 Å². The molecule has 3 atom stereocenters. The minimum Gasteiger partial charge on any atom is -0.384 e. The van der Waals surface area contributed by atoms with Crippen molar-refractivity contribution in [3.63, 3.8) is 0 Å². The number of nitrogens with zero attached hydrogens (tertiary/aromatic N) is 4. The first kappa shape index (κ1) is 36.9. The van der Waals surface area contributed by atoms with Crippen LogP contribution in [0.25, 0.3) is 10.8 Å². The summed E-state index contributed by atoms with van der Waals surface area (Å²) in [4.78, 5) is 69.3. The van der Waals surface area contributed by atoms with Gasteiger partial charge in [-0.05, 0) is 49.1 Å². The molecule has 0 spiro atoms. The Balaban J connectivity index is 1.30. The van der Waals surface area contributed by atoms with Crippen LogP contribution in [0.15, 0.2) is 48.7 Å². The maximum absolute atomic E-state index is 14.8. The number of aromatic nitrogens is 3. The molecule has 3 aromatic rings. The largest absolute Gasteiger partial charge is 0.384 e. The van der Waals surface area contributed by atoms with Gasteiger partial charge in [0.25, 0.3) is 5.91 Å². The third-order valence-electron chi connectivity index (χ3n) is 10.7. The van der Waals surface area contributed by atoms with Crippen molar-refractivity contribution in [2.24, 2.45) is 11.7 Å². The number of nitrogens with one attached hydrogen (secondary N) is 3. The number of carbonyl (C=O) groups excluding carboxylic acids is 5. The van der Waals surface area contributed by atoms with E-state index in [1.54, 1.807) is 19.9 Å². The third kappa shape index (κ3) is 8.10. The fourth-order valence-corrected chi connectivity index (χ4v) is 7.89. The van der Waals surface area contributed by atoms with Crippen molar-refractivity contribution in [3.05, 3.63) is 54.4 Å². The maximum atomic E-state index is 14.8. The molecule has 3 fully saturated rings. The number of rotatable bonds is 11. The number of benzene rings is 2. The Morgan fingerprint density at radius 2 is 1.75 bits per heavy atom. The highest BCUT2D eigenvalue weighted by molar-refractivity contribution is 6.39. The Bertz CT molecular complexity index is 1810. The monoisotopic (exact) mass is 716 g/mol. The highest BCUT2D eigenvalue weighted by atomic mass is 16.5. The van der Waals surface area contributed by atoms with Crippen LogP contribution >= 0.6 is 0 Å². The lowest BCUT2D eigenvalue weighted by Gasteiger charge is -2.37. The number of carbonyl (C=O) groups is 5. The fourth-order valence-electron chi connectivity index (χ4n) is 7.89. The van der Waals surface area contributed by atoms with Crippen LogP contribution in [-0.4, -0.2) is 91.9 Å². The number of nitrogens with two attached hydrogens (primary N) is 1. The molecule has 6 rings (SSSR count). The Kier molecular flexibility index (Phi) is 10.9. The summed E-state index contributed by atoms with van der Waals surface area (Å²) < 4.78 is 6.94. The van der Waals surface area contributed by atoms with Crippen LogP contribution in [0.5, 0.6) is 0 Å². The van der Waals surface area contributed by atoms with Crippen LogP contribution in [0.2, 0.25) is 0 Å². The van der Waals surface area contributed by atoms with Gasteiger partial charge < -0.3 is 36.4 Å². The molecule has 2 unspecified atom stereocenters. The molecule has 278 valence electrons. The Hall–Kier alpha value is -4.89. The highest BCUT2D eigenvalue weighted by Crippen LogP contribution is 2.34. The van der Waals surface area contributed by atoms with E-state index in [4.69, 9.17) is 10.5 Å². The van der Waals surface area contributed by atoms with E-state index in [1.807, 2.05) is 36.4 Å². The van der Waals surface area contributed by atoms with Gasteiger partial charge >= 0.3 is 6.03 Å². The van der Waals surface area contributed by atoms with Crippen molar-refractivity contribution in [1.82, 2.24) is 30.5 Å². The maximum Gasteiger partial charge on any atom is 0.319 e. The smallest absolute Gasteiger partial charge is 0.319 e. The molecular formula is C37H48N8O7. The number of anilines is 1. The second-order valence-corrected chi connectivity index (χ2v) is 14.8. The number of Topliss-reactive ketones (excluding diaryl/α,β-unsaturated/α-hetero) is 1.